The third-order valence-electron chi connectivity index (χ3n) is 6.49. The van der Waals surface area contributed by atoms with Crippen LogP contribution in [0.3, 0.4) is 0 Å². The van der Waals surface area contributed by atoms with E-state index in [9.17, 15) is 14.4 Å². The molecule has 1 aromatic carbocycles. The number of anilines is 1. The average molecular weight is 515 g/mol. The fraction of sp³-hybridized carbons (Fsp3) is 0.250. The van der Waals surface area contributed by atoms with Crippen molar-refractivity contribution in [1.82, 2.24) is 14.5 Å². The van der Waals surface area contributed by atoms with E-state index in [1.807, 2.05) is 6.92 Å². The van der Waals surface area contributed by atoms with E-state index >= 15 is 0 Å². The zero-order chi connectivity index (χ0) is 26.8. The third kappa shape index (κ3) is 4.56. The number of aromatic nitrogens is 3. The maximum atomic E-state index is 13.0. The standard InChI is InChI=1S/C28H26N4O6/c1-4-32-21-6-5-7-22(33)18(21)12-19(28(32)35)27(34)31-26-9-8-16(15-30-26)38-23-10-11-29-20-14-25(37-3)24(36-2)13-17(20)23/h8-15H,4-7H2,1-3H3,(H,30,31,34). The quantitative estimate of drug-likeness (QED) is 0.385. The summed E-state index contributed by atoms with van der Waals surface area (Å²) in [4.78, 5) is 47.1. The van der Waals surface area contributed by atoms with Crippen LogP contribution in [-0.4, -0.2) is 40.4 Å². The van der Waals surface area contributed by atoms with Gasteiger partial charge < -0.3 is 24.1 Å². The number of Topliss-reactive ketones (excluding diaryl/α,β-unsaturated/α-hetero) is 1. The number of amides is 1. The van der Waals surface area contributed by atoms with Crippen LogP contribution in [0.4, 0.5) is 5.82 Å². The minimum Gasteiger partial charge on any atom is -0.493 e. The molecule has 0 atom stereocenters. The molecule has 0 bridgehead atoms. The zero-order valence-electron chi connectivity index (χ0n) is 21.2. The van der Waals surface area contributed by atoms with Crippen molar-refractivity contribution in [3.8, 4) is 23.0 Å². The normalized spacial score (nSPS) is 12.7. The molecule has 1 aliphatic rings. The van der Waals surface area contributed by atoms with E-state index in [2.05, 4.69) is 15.3 Å². The summed E-state index contributed by atoms with van der Waals surface area (Å²) in [6.07, 6.45) is 4.84. The number of carbonyl (C=O) groups is 2. The summed E-state index contributed by atoms with van der Waals surface area (Å²) in [7, 11) is 3.11. The first-order valence-electron chi connectivity index (χ1n) is 12.2. The summed E-state index contributed by atoms with van der Waals surface area (Å²) < 4.78 is 18.3. The number of carbonyl (C=O) groups excluding carboxylic acids is 2. The summed E-state index contributed by atoms with van der Waals surface area (Å²) in [5, 5.41) is 3.37. The Morgan fingerprint density at radius 1 is 1.00 bits per heavy atom. The van der Waals surface area contributed by atoms with Gasteiger partial charge in [0.25, 0.3) is 11.5 Å². The number of rotatable bonds is 7. The van der Waals surface area contributed by atoms with E-state index in [0.29, 0.717) is 65.6 Å². The van der Waals surface area contributed by atoms with Gasteiger partial charge in [0, 0.05) is 41.9 Å². The number of methoxy groups -OCH3 is 2. The second-order valence-corrected chi connectivity index (χ2v) is 8.71. The number of hydrogen-bond donors (Lipinski definition) is 1. The Hall–Kier alpha value is -4.73. The van der Waals surface area contributed by atoms with Crippen molar-refractivity contribution in [3.05, 3.63) is 76.0 Å². The maximum Gasteiger partial charge on any atom is 0.263 e. The fourth-order valence-electron chi connectivity index (χ4n) is 4.62. The second kappa shape index (κ2) is 10.3. The van der Waals surface area contributed by atoms with Crippen LogP contribution in [0.1, 0.15) is 46.2 Å². The van der Waals surface area contributed by atoms with Crippen LogP contribution >= 0.6 is 0 Å². The van der Waals surface area contributed by atoms with Crippen molar-refractivity contribution in [2.75, 3.05) is 19.5 Å². The molecule has 1 amide bonds. The highest BCUT2D eigenvalue weighted by Crippen LogP contribution is 2.36. The van der Waals surface area contributed by atoms with Crippen LogP contribution in [0.5, 0.6) is 23.0 Å². The van der Waals surface area contributed by atoms with Crippen molar-refractivity contribution < 1.29 is 23.8 Å². The Balaban J connectivity index is 1.38. The predicted molar refractivity (Wildman–Crippen MR) is 141 cm³/mol. The predicted octanol–water partition coefficient (Wildman–Crippen LogP) is 4.39. The van der Waals surface area contributed by atoms with Crippen molar-refractivity contribution in [2.24, 2.45) is 0 Å². The van der Waals surface area contributed by atoms with E-state index in [0.717, 1.165) is 5.39 Å². The Kier molecular flexibility index (Phi) is 6.78. The first kappa shape index (κ1) is 24.9. The van der Waals surface area contributed by atoms with E-state index in [1.54, 1.807) is 50.7 Å². The Morgan fingerprint density at radius 3 is 2.50 bits per heavy atom. The van der Waals surface area contributed by atoms with Gasteiger partial charge in [0.05, 0.1) is 25.9 Å². The van der Waals surface area contributed by atoms with E-state index < -0.39 is 11.5 Å². The molecule has 0 unspecified atom stereocenters. The lowest BCUT2D eigenvalue weighted by Gasteiger charge is -2.20. The number of hydrogen-bond acceptors (Lipinski definition) is 8. The smallest absolute Gasteiger partial charge is 0.263 e. The molecule has 0 aliphatic heterocycles. The Bertz CT molecular complexity index is 1610. The molecule has 1 aliphatic carbocycles. The molecule has 0 fully saturated rings. The first-order chi connectivity index (χ1) is 18.4. The topological polar surface area (TPSA) is 122 Å². The molecule has 0 radical (unpaired) electrons. The van der Waals surface area contributed by atoms with Gasteiger partial charge in [-0.1, -0.05) is 0 Å². The van der Waals surface area contributed by atoms with Gasteiger partial charge in [-0.3, -0.25) is 19.4 Å². The van der Waals surface area contributed by atoms with Gasteiger partial charge in [-0.25, -0.2) is 4.98 Å². The zero-order valence-corrected chi connectivity index (χ0v) is 21.2. The summed E-state index contributed by atoms with van der Waals surface area (Å²) in [5.74, 6) is 1.62. The van der Waals surface area contributed by atoms with Gasteiger partial charge >= 0.3 is 0 Å². The van der Waals surface area contributed by atoms with Gasteiger partial charge in [-0.15, -0.1) is 0 Å². The molecule has 0 saturated carbocycles. The minimum atomic E-state index is -0.624. The van der Waals surface area contributed by atoms with Gasteiger partial charge in [0.2, 0.25) is 0 Å². The van der Waals surface area contributed by atoms with Crippen LogP contribution in [0, 0.1) is 0 Å². The molecule has 10 nitrogen and oxygen atoms in total. The molecular formula is C28H26N4O6. The molecule has 3 aromatic heterocycles. The van der Waals surface area contributed by atoms with Crippen molar-refractivity contribution >= 4 is 28.4 Å². The van der Waals surface area contributed by atoms with Crippen LogP contribution < -0.4 is 25.1 Å². The highest BCUT2D eigenvalue weighted by Gasteiger charge is 2.25. The Labute approximate surface area is 218 Å². The molecule has 1 N–H and O–H groups in total. The number of nitrogens with one attached hydrogen (secondary N) is 1. The lowest BCUT2D eigenvalue weighted by Crippen LogP contribution is -2.34. The molecule has 5 rings (SSSR count). The van der Waals surface area contributed by atoms with Crippen molar-refractivity contribution in [3.63, 3.8) is 0 Å². The van der Waals surface area contributed by atoms with Gasteiger partial charge in [-0.05, 0) is 50.1 Å². The van der Waals surface area contributed by atoms with Crippen LogP contribution in [0.25, 0.3) is 10.9 Å². The van der Waals surface area contributed by atoms with E-state index in [-0.39, 0.29) is 17.2 Å². The number of ether oxygens (including phenoxy) is 3. The molecule has 3 heterocycles. The first-order valence-corrected chi connectivity index (χ1v) is 12.2. The van der Waals surface area contributed by atoms with Gasteiger partial charge in [0.15, 0.2) is 17.3 Å². The van der Waals surface area contributed by atoms with Crippen LogP contribution in [0.2, 0.25) is 0 Å². The molecule has 10 heteroatoms. The summed E-state index contributed by atoms with van der Waals surface area (Å²) in [6, 6.07) is 9.90. The van der Waals surface area contributed by atoms with Crippen LogP contribution in [0.15, 0.2) is 53.6 Å². The number of nitrogens with zero attached hydrogens (tertiary/aromatic N) is 3. The number of benzene rings is 1. The third-order valence-corrected chi connectivity index (χ3v) is 6.49. The molecule has 0 spiro atoms. The lowest BCUT2D eigenvalue weighted by atomic mass is 9.93. The summed E-state index contributed by atoms with van der Waals surface area (Å²) >= 11 is 0. The van der Waals surface area contributed by atoms with E-state index in [1.165, 1.54) is 16.8 Å². The SMILES string of the molecule is CCn1c2c(cc(C(=O)Nc3ccc(Oc4ccnc5cc(OC)c(OC)cc45)cn3)c1=O)C(=O)CCC2. The molecule has 4 aromatic rings. The summed E-state index contributed by atoms with van der Waals surface area (Å²) in [6.45, 7) is 2.20. The lowest BCUT2D eigenvalue weighted by molar-refractivity contribution is 0.0970. The van der Waals surface area contributed by atoms with Crippen molar-refractivity contribution in [1.29, 1.82) is 0 Å². The highest BCUT2D eigenvalue weighted by atomic mass is 16.5. The number of ketones is 1. The second-order valence-electron chi connectivity index (χ2n) is 8.71. The van der Waals surface area contributed by atoms with Gasteiger partial charge in [0.1, 0.15) is 22.9 Å². The fourth-order valence-corrected chi connectivity index (χ4v) is 4.62. The number of fused-ring (bicyclic) bond motifs is 2. The van der Waals surface area contributed by atoms with Crippen LogP contribution in [-0.2, 0) is 13.0 Å². The van der Waals surface area contributed by atoms with E-state index in [4.69, 9.17) is 14.2 Å². The molecule has 0 saturated heterocycles. The molecule has 38 heavy (non-hydrogen) atoms. The number of pyridine rings is 3. The highest BCUT2D eigenvalue weighted by molar-refractivity contribution is 6.06. The molecule has 194 valence electrons. The van der Waals surface area contributed by atoms with Crippen molar-refractivity contribution in [2.45, 2.75) is 32.7 Å². The summed E-state index contributed by atoms with van der Waals surface area (Å²) in [5.41, 5.74) is 1.30. The largest absolute Gasteiger partial charge is 0.493 e. The minimum absolute atomic E-state index is 0.0539. The Morgan fingerprint density at radius 2 is 1.79 bits per heavy atom. The average Bonchev–Trinajstić information content (AvgIpc) is 2.93. The maximum absolute atomic E-state index is 13.0. The monoisotopic (exact) mass is 514 g/mol. The molecular weight excluding hydrogens is 488 g/mol. The van der Waals surface area contributed by atoms with Gasteiger partial charge in [-0.2, -0.15) is 0 Å².